The highest BCUT2D eigenvalue weighted by Crippen LogP contribution is 2.31. The molecule has 4 rings (SSSR count). The lowest BCUT2D eigenvalue weighted by Crippen LogP contribution is -2.40. The quantitative estimate of drug-likeness (QED) is 0.254. The lowest BCUT2D eigenvalue weighted by Gasteiger charge is -2.30. The van der Waals surface area contributed by atoms with Gasteiger partial charge in [-0.3, -0.25) is 9.69 Å². The van der Waals surface area contributed by atoms with E-state index in [1.54, 1.807) is 0 Å². The van der Waals surface area contributed by atoms with E-state index in [2.05, 4.69) is 65.0 Å². The second-order valence-electron chi connectivity index (χ2n) is 9.39. The van der Waals surface area contributed by atoms with Gasteiger partial charge >= 0.3 is 0 Å². The molecule has 1 saturated heterocycles. The number of aliphatic imine (C=N–C) groups is 1. The SMILES string of the molecule is CCNC(=NCc1ccc(CN2CCC(C)CC2)cc1)NCC1CC(=O)Nc2ccccc21.I. The number of guanidine groups is 1. The number of likely N-dealkylation sites (tertiary alicyclic amines) is 1. The van der Waals surface area contributed by atoms with E-state index in [0.717, 1.165) is 30.7 Å². The van der Waals surface area contributed by atoms with Crippen molar-refractivity contribution < 1.29 is 4.79 Å². The van der Waals surface area contributed by atoms with Crippen LogP contribution in [0.25, 0.3) is 0 Å². The van der Waals surface area contributed by atoms with Crippen molar-refractivity contribution in [1.82, 2.24) is 15.5 Å². The Morgan fingerprint density at radius 3 is 2.50 bits per heavy atom. The largest absolute Gasteiger partial charge is 0.357 e. The van der Waals surface area contributed by atoms with Gasteiger partial charge in [0.05, 0.1) is 6.54 Å². The number of hydrogen-bond acceptors (Lipinski definition) is 3. The number of fused-ring (bicyclic) bond motifs is 1. The molecule has 2 aliphatic rings. The molecule has 1 unspecified atom stereocenters. The molecule has 3 N–H and O–H groups in total. The molecule has 2 heterocycles. The number of carbonyl (C=O) groups is 1. The van der Waals surface area contributed by atoms with E-state index >= 15 is 0 Å². The predicted molar refractivity (Wildman–Crippen MR) is 151 cm³/mol. The smallest absolute Gasteiger partial charge is 0.225 e. The van der Waals surface area contributed by atoms with Crippen LogP contribution in [0.4, 0.5) is 5.69 Å². The molecular weight excluding hydrogens is 537 g/mol. The summed E-state index contributed by atoms with van der Waals surface area (Å²) in [4.78, 5) is 19.4. The van der Waals surface area contributed by atoms with Crippen molar-refractivity contribution in [1.29, 1.82) is 0 Å². The molecule has 34 heavy (non-hydrogen) atoms. The zero-order valence-corrected chi connectivity index (χ0v) is 22.7. The van der Waals surface area contributed by atoms with Crippen molar-refractivity contribution in [3.05, 3.63) is 65.2 Å². The Kier molecular flexibility index (Phi) is 10.2. The molecule has 0 spiro atoms. The van der Waals surface area contributed by atoms with Crippen LogP contribution in [0.2, 0.25) is 0 Å². The van der Waals surface area contributed by atoms with Gasteiger partial charge in [-0.1, -0.05) is 49.4 Å². The highest BCUT2D eigenvalue weighted by atomic mass is 127. The third kappa shape index (κ3) is 7.43. The first-order valence-corrected chi connectivity index (χ1v) is 12.3. The molecule has 2 aromatic rings. The summed E-state index contributed by atoms with van der Waals surface area (Å²) in [5.41, 5.74) is 4.67. The fourth-order valence-electron chi connectivity index (χ4n) is 4.64. The van der Waals surface area contributed by atoms with Crippen molar-refractivity contribution in [3.8, 4) is 0 Å². The molecule has 0 bridgehead atoms. The van der Waals surface area contributed by atoms with Gasteiger partial charge in [-0.15, -0.1) is 24.0 Å². The summed E-state index contributed by atoms with van der Waals surface area (Å²) >= 11 is 0. The zero-order chi connectivity index (χ0) is 23.0. The number of benzene rings is 2. The van der Waals surface area contributed by atoms with Gasteiger partial charge in [0.2, 0.25) is 5.91 Å². The van der Waals surface area contributed by atoms with E-state index < -0.39 is 0 Å². The molecule has 1 fully saturated rings. The average molecular weight is 576 g/mol. The van der Waals surface area contributed by atoms with Crippen LogP contribution in [-0.4, -0.2) is 42.9 Å². The molecule has 1 amide bonds. The van der Waals surface area contributed by atoms with E-state index in [-0.39, 0.29) is 35.8 Å². The predicted octanol–water partition coefficient (Wildman–Crippen LogP) is 4.72. The fraction of sp³-hybridized carbons (Fsp3) is 0.481. The summed E-state index contributed by atoms with van der Waals surface area (Å²) in [6.45, 7) is 9.96. The van der Waals surface area contributed by atoms with Gasteiger partial charge in [0, 0.05) is 37.7 Å². The van der Waals surface area contributed by atoms with Gasteiger partial charge in [0.15, 0.2) is 5.96 Å². The van der Waals surface area contributed by atoms with Crippen molar-refractivity contribution in [2.24, 2.45) is 10.9 Å². The molecule has 0 aliphatic carbocycles. The molecule has 7 heteroatoms. The lowest BCUT2D eigenvalue weighted by atomic mass is 9.90. The van der Waals surface area contributed by atoms with Crippen molar-refractivity contribution in [3.63, 3.8) is 0 Å². The first kappa shape index (κ1) is 26.5. The van der Waals surface area contributed by atoms with E-state index in [0.29, 0.717) is 19.5 Å². The Balaban J connectivity index is 0.00000324. The van der Waals surface area contributed by atoms with Crippen molar-refractivity contribution in [2.45, 2.75) is 52.1 Å². The van der Waals surface area contributed by atoms with E-state index in [4.69, 9.17) is 4.99 Å². The third-order valence-corrected chi connectivity index (χ3v) is 6.69. The number of para-hydroxylation sites is 1. The number of nitrogens with one attached hydrogen (secondary N) is 3. The van der Waals surface area contributed by atoms with E-state index in [9.17, 15) is 4.79 Å². The Labute approximate surface area is 221 Å². The highest BCUT2D eigenvalue weighted by molar-refractivity contribution is 14.0. The topological polar surface area (TPSA) is 68.8 Å². The van der Waals surface area contributed by atoms with Gasteiger partial charge in [0.1, 0.15) is 0 Å². The van der Waals surface area contributed by atoms with Crippen LogP contribution >= 0.6 is 24.0 Å². The summed E-state index contributed by atoms with van der Waals surface area (Å²) in [5.74, 6) is 1.86. The summed E-state index contributed by atoms with van der Waals surface area (Å²) in [5, 5.41) is 9.74. The minimum absolute atomic E-state index is 0. The molecule has 184 valence electrons. The number of rotatable bonds is 7. The van der Waals surface area contributed by atoms with Gasteiger partial charge in [0.25, 0.3) is 0 Å². The van der Waals surface area contributed by atoms with E-state index in [1.165, 1.54) is 42.6 Å². The van der Waals surface area contributed by atoms with Crippen LogP contribution in [0.3, 0.4) is 0 Å². The van der Waals surface area contributed by atoms with Crippen molar-refractivity contribution in [2.75, 3.05) is 31.5 Å². The number of halogens is 1. The first-order chi connectivity index (χ1) is 16.1. The summed E-state index contributed by atoms with van der Waals surface area (Å²) in [6, 6.07) is 16.9. The molecule has 0 saturated carbocycles. The molecular formula is C27H38IN5O. The maximum absolute atomic E-state index is 12.1. The summed E-state index contributed by atoms with van der Waals surface area (Å²) < 4.78 is 0. The van der Waals surface area contributed by atoms with Gasteiger partial charge in [-0.2, -0.15) is 0 Å². The Bertz CT molecular complexity index is 954. The fourth-order valence-corrected chi connectivity index (χ4v) is 4.64. The van der Waals surface area contributed by atoms with Crippen LogP contribution in [0.1, 0.15) is 55.7 Å². The molecule has 1 atom stereocenters. The van der Waals surface area contributed by atoms with Crippen LogP contribution < -0.4 is 16.0 Å². The number of piperidine rings is 1. The molecule has 6 nitrogen and oxygen atoms in total. The third-order valence-electron chi connectivity index (χ3n) is 6.69. The van der Waals surface area contributed by atoms with Crippen LogP contribution in [0.5, 0.6) is 0 Å². The molecule has 2 aliphatic heterocycles. The normalized spacial score (nSPS) is 19.1. The standard InChI is InChI=1S/C27H37N5O.HI/c1-3-28-27(30-18-23-16-26(33)31-25-7-5-4-6-24(23)25)29-17-21-8-10-22(11-9-21)19-32-14-12-20(2)13-15-32;/h4-11,20,23H,3,12-19H2,1-2H3,(H,31,33)(H2,28,29,30);1H. The first-order valence-electron chi connectivity index (χ1n) is 12.3. The van der Waals surface area contributed by atoms with Crippen molar-refractivity contribution >= 4 is 41.5 Å². The second-order valence-corrected chi connectivity index (χ2v) is 9.39. The number of nitrogens with zero attached hydrogens (tertiary/aromatic N) is 2. The van der Waals surface area contributed by atoms with Gasteiger partial charge < -0.3 is 16.0 Å². The Morgan fingerprint density at radius 1 is 1.06 bits per heavy atom. The van der Waals surface area contributed by atoms with Crippen LogP contribution in [-0.2, 0) is 17.9 Å². The second kappa shape index (κ2) is 13.1. The molecule has 2 aromatic carbocycles. The summed E-state index contributed by atoms with van der Waals surface area (Å²) in [7, 11) is 0. The van der Waals surface area contributed by atoms with Gasteiger partial charge in [-0.05, 0) is 61.5 Å². The average Bonchev–Trinajstić information content (AvgIpc) is 2.83. The van der Waals surface area contributed by atoms with Gasteiger partial charge in [-0.25, -0.2) is 4.99 Å². The minimum Gasteiger partial charge on any atom is -0.357 e. The highest BCUT2D eigenvalue weighted by Gasteiger charge is 2.24. The molecule has 0 radical (unpaired) electrons. The Hall–Kier alpha value is -2.13. The maximum atomic E-state index is 12.1. The number of carbonyl (C=O) groups excluding carboxylic acids is 1. The zero-order valence-electron chi connectivity index (χ0n) is 20.3. The van der Waals surface area contributed by atoms with Crippen LogP contribution in [0, 0.1) is 5.92 Å². The number of anilines is 1. The Morgan fingerprint density at radius 2 is 1.76 bits per heavy atom. The lowest BCUT2D eigenvalue weighted by molar-refractivity contribution is -0.116. The summed E-state index contributed by atoms with van der Waals surface area (Å²) in [6.07, 6.45) is 3.11. The minimum atomic E-state index is 0. The van der Waals surface area contributed by atoms with Crippen LogP contribution in [0.15, 0.2) is 53.5 Å². The maximum Gasteiger partial charge on any atom is 0.225 e. The molecule has 0 aromatic heterocycles. The monoisotopic (exact) mass is 575 g/mol. The number of amides is 1. The number of hydrogen-bond donors (Lipinski definition) is 3. The van der Waals surface area contributed by atoms with E-state index in [1.807, 2.05) is 18.2 Å².